The zero-order valence-electron chi connectivity index (χ0n) is 12.5. The van der Waals surface area contributed by atoms with Crippen molar-refractivity contribution in [2.24, 2.45) is 0 Å². The number of ether oxygens (including phenoxy) is 3. The van der Waals surface area contributed by atoms with E-state index < -0.39 is 0 Å². The summed E-state index contributed by atoms with van der Waals surface area (Å²) >= 11 is 0. The van der Waals surface area contributed by atoms with E-state index in [0.717, 1.165) is 45.8 Å². The Morgan fingerprint density at radius 3 is 2.30 bits per heavy atom. The van der Waals surface area contributed by atoms with Crippen LogP contribution in [0.2, 0.25) is 0 Å². The summed E-state index contributed by atoms with van der Waals surface area (Å²) in [6, 6.07) is 10.4. The first-order valence-electron chi connectivity index (χ1n) is 7.32. The van der Waals surface area contributed by atoms with Crippen LogP contribution in [0.4, 0.5) is 0 Å². The SMILES string of the molecule is COCCOCCCOCCCNCc1ccccc1. The number of hydrogen-bond donors (Lipinski definition) is 1. The van der Waals surface area contributed by atoms with Gasteiger partial charge in [-0.25, -0.2) is 0 Å². The van der Waals surface area contributed by atoms with Crippen molar-refractivity contribution in [2.45, 2.75) is 19.4 Å². The highest BCUT2D eigenvalue weighted by molar-refractivity contribution is 5.14. The smallest absolute Gasteiger partial charge is 0.0700 e. The largest absolute Gasteiger partial charge is 0.382 e. The van der Waals surface area contributed by atoms with E-state index >= 15 is 0 Å². The molecule has 0 aliphatic rings. The minimum absolute atomic E-state index is 0.661. The van der Waals surface area contributed by atoms with Crippen LogP contribution in [-0.4, -0.2) is 46.7 Å². The Labute approximate surface area is 122 Å². The third-order valence-electron chi connectivity index (χ3n) is 2.82. The number of benzene rings is 1. The van der Waals surface area contributed by atoms with Crippen molar-refractivity contribution in [3.8, 4) is 0 Å². The molecule has 20 heavy (non-hydrogen) atoms. The Balaban J connectivity index is 1.77. The molecule has 1 N–H and O–H groups in total. The first-order valence-corrected chi connectivity index (χ1v) is 7.32. The molecule has 1 rings (SSSR count). The molecule has 4 heteroatoms. The molecule has 0 atom stereocenters. The van der Waals surface area contributed by atoms with E-state index in [1.807, 2.05) is 6.07 Å². The van der Waals surface area contributed by atoms with E-state index in [1.165, 1.54) is 5.56 Å². The molecule has 4 nitrogen and oxygen atoms in total. The van der Waals surface area contributed by atoms with Crippen molar-refractivity contribution in [2.75, 3.05) is 46.7 Å². The predicted molar refractivity (Wildman–Crippen MR) is 80.9 cm³/mol. The minimum atomic E-state index is 0.661. The van der Waals surface area contributed by atoms with Crippen LogP contribution < -0.4 is 5.32 Å². The molecule has 0 spiro atoms. The summed E-state index contributed by atoms with van der Waals surface area (Å²) in [5.74, 6) is 0. The fourth-order valence-electron chi connectivity index (χ4n) is 1.74. The van der Waals surface area contributed by atoms with Gasteiger partial charge in [-0.3, -0.25) is 0 Å². The molecule has 114 valence electrons. The third kappa shape index (κ3) is 9.92. The molecule has 0 bridgehead atoms. The Hall–Kier alpha value is -0.940. The molecule has 0 unspecified atom stereocenters. The molecule has 0 aliphatic heterocycles. The number of nitrogens with one attached hydrogen (secondary N) is 1. The molecular weight excluding hydrogens is 254 g/mol. The van der Waals surface area contributed by atoms with Crippen LogP contribution >= 0.6 is 0 Å². The van der Waals surface area contributed by atoms with Crippen LogP contribution in [0.1, 0.15) is 18.4 Å². The molecular formula is C16H27NO3. The van der Waals surface area contributed by atoms with Gasteiger partial charge >= 0.3 is 0 Å². The van der Waals surface area contributed by atoms with Crippen LogP contribution in [0.5, 0.6) is 0 Å². The van der Waals surface area contributed by atoms with Crippen molar-refractivity contribution in [1.82, 2.24) is 5.32 Å². The average Bonchev–Trinajstić information content (AvgIpc) is 2.49. The highest BCUT2D eigenvalue weighted by Gasteiger charge is 1.93. The Morgan fingerprint density at radius 2 is 1.55 bits per heavy atom. The Bertz CT molecular complexity index is 306. The first-order chi connectivity index (χ1) is 9.93. The second-order valence-corrected chi connectivity index (χ2v) is 4.59. The maximum Gasteiger partial charge on any atom is 0.0700 e. The fraction of sp³-hybridized carbons (Fsp3) is 0.625. The minimum Gasteiger partial charge on any atom is -0.382 e. The number of methoxy groups -OCH3 is 1. The standard InChI is InChI=1S/C16H27NO3/c1-18-13-14-20-12-6-11-19-10-5-9-17-15-16-7-3-2-4-8-16/h2-4,7-8,17H,5-6,9-15H2,1H3. The summed E-state index contributed by atoms with van der Waals surface area (Å²) in [6.45, 7) is 5.56. The van der Waals surface area contributed by atoms with E-state index in [9.17, 15) is 0 Å². The highest BCUT2D eigenvalue weighted by Crippen LogP contribution is 1.97. The van der Waals surface area contributed by atoms with Gasteiger partial charge < -0.3 is 19.5 Å². The quantitative estimate of drug-likeness (QED) is 0.563. The lowest BCUT2D eigenvalue weighted by atomic mass is 10.2. The summed E-state index contributed by atoms with van der Waals surface area (Å²) in [5.41, 5.74) is 1.32. The maximum atomic E-state index is 5.54. The molecule has 1 aromatic carbocycles. The van der Waals surface area contributed by atoms with Crippen LogP contribution in [0.3, 0.4) is 0 Å². The maximum absolute atomic E-state index is 5.54. The van der Waals surface area contributed by atoms with Gasteiger partial charge in [0.15, 0.2) is 0 Å². The van der Waals surface area contributed by atoms with Gasteiger partial charge in [0.25, 0.3) is 0 Å². The zero-order valence-corrected chi connectivity index (χ0v) is 12.5. The van der Waals surface area contributed by atoms with E-state index in [-0.39, 0.29) is 0 Å². The van der Waals surface area contributed by atoms with Crippen molar-refractivity contribution >= 4 is 0 Å². The summed E-state index contributed by atoms with van der Waals surface area (Å²) in [6.07, 6.45) is 1.98. The average molecular weight is 281 g/mol. The van der Waals surface area contributed by atoms with Crippen molar-refractivity contribution in [1.29, 1.82) is 0 Å². The molecule has 0 aromatic heterocycles. The summed E-state index contributed by atoms with van der Waals surface area (Å²) in [5, 5.41) is 3.41. The lowest BCUT2D eigenvalue weighted by molar-refractivity contribution is 0.0511. The molecule has 0 fully saturated rings. The van der Waals surface area contributed by atoms with Gasteiger partial charge in [0.1, 0.15) is 0 Å². The molecule has 0 heterocycles. The van der Waals surface area contributed by atoms with Crippen molar-refractivity contribution in [3.63, 3.8) is 0 Å². The van der Waals surface area contributed by atoms with Gasteiger partial charge in [-0.2, -0.15) is 0 Å². The number of rotatable bonds is 13. The van der Waals surface area contributed by atoms with Crippen molar-refractivity contribution in [3.05, 3.63) is 35.9 Å². The van der Waals surface area contributed by atoms with E-state index in [0.29, 0.717) is 13.2 Å². The van der Waals surface area contributed by atoms with Crippen LogP contribution in [0, 0.1) is 0 Å². The van der Waals surface area contributed by atoms with E-state index in [2.05, 4.69) is 29.6 Å². The lowest BCUT2D eigenvalue weighted by Gasteiger charge is -2.06. The van der Waals surface area contributed by atoms with E-state index in [4.69, 9.17) is 14.2 Å². The Morgan fingerprint density at radius 1 is 0.850 bits per heavy atom. The lowest BCUT2D eigenvalue weighted by Crippen LogP contribution is -2.16. The predicted octanol–water partition coefficient (Wildman–Crippen LogP) is 2.24. The zero-order chi connectivity index (χ0) is 14.3. The van der Waals surface area contributed by atoms with Crippen LogP contribution in [0.25, 0.3) is 0 Å². The second-order valence-electron chi connectivity index (χ2n) is 4.59. The van der Waals surface area contributed by atoms with E-state index in [1.54, 1.807) is 7.11 Å². The molecule has 0 saturated carbocycles. The second kappa shape index (κ2) is 13.1. The van der Waals surface area contributed by atoms with Gasteiger partial charge in [-0.15, -0.1) is 0 Å². The third-order valence-corrected chi connectivity index (χ3v) is 2.82. The topological polar surface area (TPSA) is 39.7 Å². The summed E-state index contributed by atoms with van der Waals surface area (Å²) < 4.78 is 15.8. The van der Waals surface area contributed by atoms with Gasteiger partial charge in [-0.1, -0.05) is 30.3 Å². The van der Waals surface area contributed by atoms with Gasteiger partial charge in [-0.05, 0) is 24.9 Å². The fourth-order valence-corrected chi connectivity index (χ4v) is 1.74. The Kier molecular flexibility index (Phi) is 11.2. The molecule has 0 amide bonds. The normalized spacial score (nSPS) is 10.8. The van der Waals surface area contributed by atoms with Crippen molar-refractivity contribution < 1.29 is 14.2 Å². The summed E-state index contributed by atoms with van der Waals surface area (Å²) in [4.78, 5) is 0. The van der Waals surface area contributed by atoms with Gasteiger partial charge in [0.05, 0.1) is 13.2 Å². The molecule has 0 radical (unpaired) electrons. The van der Waals surface area contributed by atoms with Crippen LogP contribution in [0.15, 0.2) is 30.3 Å². The van der Waals surface area contributed by atoms with Gasteiger partial charge in [0, 0.05) is 33.5 Å². The highest BCUT2D eigenvalue weighted by atomic mass is 16.5. The summed E-state index contributed by atoms with van der Waals surface area (Å²) in [7, 11) is 1.68. The molecule has 0 aliphatic carbocycles. The van der Waals surface area contributed by atoms with Crippen LogP contribution in [-0.2, 0) is 20.8 Å². The first kappa shape index (κ1) is 17.1. The molecule has 1 aromatic rings. The van der Waals surface area contributed by atoms with Gasteiger partial charge in [0.2, 0.25) is 0 Å². The molecule has 0 saturated heterocycles. The monoisotopic (exact) mass is 281 g/mol. The number of hydrogen-bond acceptors (Lipinski definition) is 4.